The van der Waals surface area contributed by atoms with Gasteiger partial charge in [0.25, 0.3) is 0 Å². The maximum Gasteiger partial charge on any atom is 0.410 e. The van der Waals surface area contributed by atoms with E-state index in [2.05, 4.69) is 15.3 Å². The molecule has 0 bridgehead atoms. The van der Waals surface area contributed by atoms with Gasteiger partial charge in [0.05, 0.1) is 16.9 Å². The van der Waals surface area contributed by atoms with Gasteiger partial charge in [-0.05, 0) is 60.7 Å². The number of anilines is 2. The zero-order valence-electron chi connectivity index (χ0n) is 28.0. The molecule has 0 aliphatic carbocycles. The Morgan fingerprint density at radius 1 is 0.962 bits per heavy atom. The number of pyridine rings is 1. The molecule has 11 nitrogen and oxygen atoms in total. The number of sulfonamides is 1. The molecule has 16 heteroatoms. The number of hydrogen-bond acceptors (Lipinski definition) is 9. The molecule has 0 radical (unpaired) electrons. The Labute approximate surface area is 297 Å². The predicted octanol–water partition coefficient (Wildman–Crippen LogP) is 7.69. The summed E-state index contributed by atoms with van der Waals surface area (Å²) >= 11 is 0. The van der Waals surface area contributed by atoms with E-state index >= 15 is 0 Å². The lowest BCUT2D eigenvalue weighted by molar-refractivity contribution is -0.106. The molecule has 1 aliphatic heterocycles. The van der Waals surface area contributed by atoms with E-state index in [0.29, 0.717) is 35.9 Å². The number of hydrogen-bond donors (Lipinski definition) is 2. The molecule has 2 aromatic heterocycles. The molecule has 1 aliphatic rings. The van der Waals surface area contributed by atoms with E-state index in [1.165, 1.54) is 24.4 Å². The first-order chi connectivity index (χ1) is 24.7. The number of alkyl halides is 3. The molecule has 2 atom stereocenters. The Kier molecular flexibility index (Phi) is 10.5. The summed E-state index contributed by atoms with van der Waals surface area (Å²) in [5.74, 6) is -2.49. The predicted molar refractivity (Wildman–Crippen MR) is 187 cm³/mol. The van der Waals surface area contributed by atoms with Crippen molar-refractivity contribution in [1.82, 2.24) is 19.9 Å². The SMILES string of the molecule is Cc1ccc2c(NS(=O)(=O)CC(F)(F)F)c(F)ccc2c1Oc1ncccc1-c1ccnc(N[C@H]2C[C@@H](C)CN(C(=O)OCc3ccccc3)C2)n1. The molecule has 0 saturated carbocycles. The Morgan fingerprint density at radius 2 is 1.73 bits per heavy atom. The van der Waals surface area contributed by atoms with Crippen LogP contribution in [0, 0.1) is 18.7 Å². The highest BCUT2D eigenvalue weighted by Gasteiger charge is 2.36. The second-order valence-corrected chi connectivity index (χ2v) is 14.3. The number of amides is 1. The summed E-state index contributed by atoms with van der Waals surface area (Å²) in [4.78, 5) is 28.1. The fourth-order valence-corrected chi connectivity index (χ4v) is 7.07. The standard InChI is InChI=1S/C36H34F4N6O5S/c1-22-17-25(19-46(18-22)35(47)50-20-24-7-4-3-5-8-24)43-34-42-16-14-30(44-34)28-9-6-15-41-33(28)51-32-23(2)10-11-26-27(32)12-13-29(37)31(26)45-52(48,49)21-36(38,39)40/h3-16,22,25,45H,17-21H2,1-2H3,(H,42,43,44)/t22-,25+/m1/s1. The number of carbonyl (C=O) groups is 1. The van der Waals surface area contributed by atoms with Crippen molar-refractivity contribution in [1.29, 1.82) is 0 Å². The van der Waals surface area contributed by atoms with Crippen molar-refractivity contribution in [3.8, 4) is 22.9 Å². The number of rotatable bonds is 10. The van der Waals surface area contributed by atoms with Crippen LogP contribution in [0.5, 0.6) is 11.6 Å². The van der Waals surface area contributed by atoms with Crippen LogP contribution in [-0.4, -0.2) is 65.4 Å². The largest absolute Gasteiger partial charge is 0.445 e. The van der Waals surface area contributed by atoms with E-state index in [9.17, 15) is 30.8 Å². The summed E-state index contributed by atoms with van der Waals surface area (Å²) in [6.07, 6.45) is -1.64. The van der Waals surface area contributed by atoms with Crippen LogP contribution in [0.25, 0.3) is 22.0 Å². The van der Waals surface area contributed by atoms with E-state index in [0.717, 1.165) is 18.1 Å². The number of nitrogens with zero attached hydrogens (tertiary/aromatic N) is 4. The molecular formula is C36H34F4N6O5S. The number of aryl methyl sites for hydroxylation is 1. The van der Waals surface area contributed by atoms with Crippen LogP contribution in [-0.2, 0) is 21.4 Å². The minimum absolute atomic E-state index is 0.0166. The molecule has 272 valence electrons. The molecule has 5 aromatic rings. The van der Waals surface area contributed by atoms with Gasteiger partial charge in [-0.25, -0.2) is 32.6 Å². The van der Waals surface area contributed by atoms with Crippen LogP contribution in [0.1, 0.15) is 24.5 Å². The number of halogens is 4. The van der Waals surface area contributed by atoms with Gasteiger partial charge in [0, 0.05) is 42.3 Å². The highest BCUT2D eigenvalue weighted by molar-refractivity contribution is 7.92. The summed E-state index contributed by atoms with van der Waals surface area (Å²) < 4.78 is 91.8. The summed E-state index contributed by atoms with van der Waals surface area (Å²) in [7, 11) is -4.98. The smallest absolute Gasteiger partial charge is 0.410 e. The minimum Gasteiger partial charge on any atom is -0.445 e. The van der Waals surface area contributed by atoms with Crippen molar-refractivity contribution in [3.05, 3.63) is 102 Å². The molecule has 3 heterocycles. The summed E-state index contributed by atoms with van der Waals surface area (Å²) in [6.45, 7) is 4.84. The number of fused-ring (bicyclic) bond motifs is 1. The number of aromatic nitrogens is 3. The molecule has 6 rings (SSSR count). The van der Waals surface area contributed by atoms with Gasteiger partial charge >= 0.3 is 12.3 Å². The Morgan fingerprint density at radius 3 is 2.50 bits per heavy atom. The van der Waals surface area contributed by atoms with Crippen LogP contribution in [0.3, 0.4) is 0 Å². The Balaban J connectivity index is 1.22. The molecule has 3 aromatic carbocycles. The van der Waals surface area contributed by atoms with E-state index in [-0.39, 0.29) is 41.0 Å². The first-order valence-electron chi connectivity index (χ1n) is 16.2. The quantitative estimate of drug-likeness (QED) is 0.138. The van der Waals surface area contributed by atoms with Crippen molar-refractivity contribution in [2.24, 2.45) is 5.92 Å². The molecule has 2 N–H and O–H groups in total. The third-order valence-electron chi connectivity index (χ3n) is 8.27. The molecule has 0 unspecified atom stereocenters. The first-order valence-corrected chi connectivity index (χ1v) is 17.9. The van der Waals surface area contributed by atoms with Crippen LogP contribution in [0.4, 0.5) is 34.0 Å². The second-order valence-electron chi connectivity index (χ2n) is 12.6. The fourth-order valence-electron chi connectivity index (χ4n) is 6.05. The Hall–Kier alpha value is -5.51. The van der Waals surface area contributed by atoms with E-state index < -0.39 is 39.6 Å². The van der Waals surface area contributed by atoms with E-state index in [4.69, 9.17) is 14.5 Å². The lowest BCUT2D eigenvalue weighted by atomic mass is 9.96. The molecule has 1 amide bonds. The van der Waals surface area contributed by atoms with Gasteiger partial charge in [-0.1, -0.05) is 49.4 Å². The number of likely N-dealkylation sites (tertiary alicyclic amines) is 1. The highest BCUT2D eigenvalue weighted by atomic mass is 32.2. The maximum absolute atomic E-state index is 14.9. The highest BCUT2D eigenvalue weighted by Crippen LogP contribution is 2.40. The van der Waals surface area contributed by atoms with Crippen molar-refractivity contribution < 1.29 is 40.2 Å². The van der Waals surface area contributed by atoms with Crippen LogP contribution >= 0.6 is 0 Å². The van der Waals surface area contributed by atoms with Gasteiger partial charge in [-0.2, -0.15) is 13.2 Å². The number of benzene rings is 3. The molecule has 52 heavy (non-hydrogen) atoms. The van der Waals surface area contributed by atoms with Gasteiger partial charge in [-0.3, -0.25) is 4.72 Å². The van der Waals surface area contributed by atoms with Crippen LogP contribution < -0.4 is 14.8 Å². The average Bonchev–Trinajstić information content (AvgIpc) is 3.09. The van der Waals surface area contributed by atoms with E-state index in [1.807, 2.05) is 37.3 Å². The van der Waals surface area contributed by atoms with Crippen molar-refractivity contribution in [3.63, 3.8) is 0 Å². The lowest BCUT2D eigenvalue weighted by Gasteiger charge is -2.36. The molecule has 1 fully saturated rings. The van der Waals surface area contributed by atoms with Gasteiger partial charge in [0.2, 0.25) is 21.9 Å². The van der Waals surface area contributed by atoms with E-state index in [1.54, 1.807) is 40.9 Å². The number of nitrogens with one attached hydrogen (secondary N) is 2. The summed E-state index contributed by atoms with van der Waals surface area (Å²) in [5.41, 5.74) is 1.71. The Bertz CT molecular complexity index is 2190. The van der Waals surface area contributed by atoms with Gasteiger partial charge in [-0.15, -0.1) is 0 Å². The van der Waals surface area contributed by atoms with Gasteiger partial charge in [0.1, 0.15) is 18.2 Å². The number of carbonyl (C=O) groups excluding carboxylic acids is 1. The second kappa shape index (κ2) is 15.0. The average molecular weight is 739 g/mol. The zero-order valence-corrected chi connectivity index (χ0v) is 28.8. The summed E-state index contributed by atoms with van der Waals surface area (Å²) in [6, 6.07) is 19.5. The number of piperidine rings is 1. The molecule has 0 spiro atoms. The number of ether oxygens (including phenoxy) is 2. The van der Waals surface area contributed by atoms with Crippen LogP contribution in [0.2, 0.25) is 0 Å². The summed E-state index contributed by atoms with van der Waals surface area (Å²) in [5, 5.41) is 3.54. The lowest BCUT2D eigenvalue weighted by Crippen LogP contribution is -2.48. The van der Waals surface area contributed by atoms with Gasteiger partial charge in [0.15, 0.2) is 5.75 Å². The maximum atomic E-state index is 14.9. The minimum atomic E-state index is -5.03. The van der Waals surface area contributed by atoms with Crippen LogP contribution in [0.15, 0.2) is 85.2 Å². The van der Waals surface area contributed by atoms with Crippen molar-refractivity contribution in [2.45, 2.75) is 39.1 Å². The fraction of sp³-hybridized carbons (Fsp3) is 0.278. The zero-order chi connectivity index (χ0) is 37.0. The molecule has 1 saturated heterocycles. The third kappa shape index (κ3) is 8.85. The van der Waals surface area contributed by atoms with Crippen molar-refractivity contribution >= 4 is 38.5 Å². The van der Waals surface area contributed by atoms with Crippen molar-refractivity contribution in [2.75, 3.05) is 28.9 Å². The third-order valence-corrected chi connectivity index (χ3v) is 9.49. The first kappa shape index (κ1) is 36.3. The normalized spacial score (nSPS) is 16.4. The molecular weight excluding hydrogens is 704 g/mol. The van der Waals surface area contributed by atoms with Gasteiger partial charge < -0.3 is 19.7 Å². The topological polar surface area (TPSA) is 136 Å². The monoisotopic (exact) mass is 738 g/mol.